The van der Waals surface area contributed by atoms with Gasteiger partial charge in [-0.15, -0.1) is 5.10 Å². The Bertz CT molecular complexity index is 420. The molecule has 0 amide bonds. The minimum atomic E-state index is 0.0401. The van der Waals surface area contributed by atoms with Crippen LogP contribution in [-0.2, 0) is 6.54 Å². The molecule has 6 nitrogen and oxygen atoms in total. The lowest BCUT2D eigenvalue weighted by molar-refractivity contribution is 0.0581. The second-order valence-electron chi connectivity index (χ2n) is 5.99. The van der Waals surface area contributed by atoms with E-state index in [-0.39, 0.29) is 11.6 Å². The van der Waals surface area contributed by atoms with E-state index in [1.165, 1.54) is 12.8 Å². The Morgan fingerprint density at radius 2 is 1.95 bits per heavy atom. The number of aryl methyl sites for hydroxylation is 1. The zero-order valence-electron chi connectivity index (χ0n) is 13.7. The van der Waals surface area contributed by atoms with Gasteiger partial charge in [0.15, 0.2) is 0 Å². The topological polar surface area (TPSA) is 72.0 Å². The quantitative estimate of drug-likeness (QED) is 0.565. The Kier molecular flexibility index (Phi) is 5.72. The van der Waals surface area contributed by atoms with Crippen LogP contribution in [0.5, 0.6) is 0 Å². The Morgan fingerprint density at radius 3 is 2.48 bits per heavy atom. The molecule has 2 rings (SSSR count). The lowest BCUT2D eigenvalue weighted by Crippen LogP contribution is -2.57. The number of nitrogens with one attached hydrogen (secondary N) is 1. The van der Waals surface area contributed by atoms with Gasteiger partial charge in [0.25, 0.3) is 0 Å². The summed E-state index contributed by atoms with van der Waals surface area (Å²) in [5, 5.41) is 8.35. The molecule has 1 aromatic rings. The highest BCUT2D eigenvalue weighted by molar-refractivity contribution is 5.13. The molecule has 1 aromatic heterocycles. The predicted molar refractivity (Wildman–Crippen MR) is 84.5 cm³/mol. The van der Waals surface area contributed by atoms with Gasteiger partial charge in [0, 0.05) is 12.1 Å². The number of nitrogens with zero attached hydrogens (tertiary/aromatic N) is 4. The lowest BCUT2D eigenvalue weighted by Gasteiger charge is -2.46. The van der Waals surface area contributed by atoms with Gasteiger partial charge in [-0.3, -0.25) is 10.7 Å². The summed E-state index contributed by atoms with van der Waals surface area (Å²) in [5.41, 5.74) is 4.23. The van der Waals surface area contributed by atoms with Crippen LogP contribution in [0.4, 0.5) is 0 Å². The highest BCUT2D eigenvalue weighted by Crippen LogP contribution is 2.38. The van der Waals surface area contributed by atoms with Crippen LogP contribution in [-0.4, -0.2) is 38.5 Å². The van der Waals surface area contributed by atoms with Crippen molar-refractivity contribution >= 4 is 0 Å². The van der Waals surface area contributed by atoms with Gasteiger partial charge >= 0.3 is 0 Å². The fourth-order valence-corrected chi connectivity index (χ4v) is 3.84. The summed E-state index contributed by atoms with van der Waals surface area (Å²) in [7, 11) is 0. The first-order valence-corrected chi connectivity index (χ1v) is 8.33. The molecule has 1 aliphatic heterocycles. The molecule has 1 aliphatic rings. The highest BCUT2D eigenvalue weighted by atomic mass is 15.4. The van der Waals surface area contributed by atoms with E-state index < -0.39 is 0 Å². The van der Waals surface area contributed by atoms with Crippen LogP contribution < -0.4 is 11.3 Å². The molecule has 0 aliphatic carbocycles. The van der Waals surface area contributed by atoms with E-state index in [9.17, 15) is 0 Å². The Balaban J connectivity index is 2.37. The summed E-state index contributed by atoms with van der Waals surface area (Å²) in [5.74, 6) is 5.99. The summed E-state index contributed by atoms with van der Waals surface area (Å²) < 4.78 is 2.00. The van der Waals surface area contributed by atoms with Gasteiger partial charge in [-0.2, -0.15) is 0 Å². The Labute approximate surface area is 128 Å². The largest absolute Gasteiger partial charge is 0.296 e. The zero-order valence-corrected chi connectivity index (χ0v) is 13.7. The maximum atomic E-state index is 5.99. The van der Waals surface area contributed by atoms with Crippen molar-refractivity contribution in [3.05, 3.63) is 11.9 Å². The average Bonchev–Trinajstić information content (AvgIpc) is 3.17. The van der Waals surface area contributed by atoms with E-state index in [4.69, 9.17) is 5.84 Å². The van der Waals surface area contributed by atoms with Crippen LogP contribution in [0.2, 0.25) is 0 Å². The van der Waals surface area contributed by atoms with E-state index in [1.54, 1.807) is 0 Å². The van der Waals surface area contributed by atoms with Crippen molar-refractivity contribution in [2.24, 2.45) is 5.84 Å². The third-order valence-corrected chi connectivity index (χ3v) is 5.04. The minimum Gasteiger partial charge on any atom is -0.296 e. The van der Waals surface area contributed by atoms with Crippen molar-refractivity contribution in [2.75, 3.05) is 13.1 Å². The van der Waals surface area contributed by atoms with Gasteiger partial charge in [-0.1, -0.05) is 26.0 Å². The predicted octanol–water partition coefficient (Wildman–Crippen LogP) is 1.85. The van der Waals surface area contributed by atoms with Crippen molar-refractivity contribution in [2.45, 2.75) is 71.0 Å². The monoisotopic (exact) mass is 294 g/mol. The van der Waals surface area contributed by atoms with Crippen molar-refractivity contribution in [1.82, 2.24) is 25.3 Å². The Hall–Kier alpha value is -0.980. The molecule has 0 bridgehead atoms. The van der Waals surface area contributed by atoms with Crippen molar-refractivity contribution in [3.63, 3.8) is 0 Å². The molecule has 2 heterocycles. The SMILES string of the molecule is CCCn1nncc1C(NN)C(CC)(CC)N1CCCC1. The van der Waals surface area contributed by atoms with Crippen LogP contribution >= 0.6 is 0 Å². The number of rotatable bonds is 8. The standard InChI is InChI=1S/C15H30N6/c1-4-9-21-13(12-17-19-21)14(18-16)15(5-2,6-3)20-10-7-8-11-20/h12,14,18H,4-11,16H2,1-3H3. The maximum Gasteiger partial charge on any atom is 0.0828 e. The van der Waals surface area contributed by atoms with Gasteiger partial charge in [0.2, 0.25) is 0 Å². The molecule has 1 atom stereocenters. The fourth-order valence-electron chi connectivity index (χ4n) is 3.84. The summed E-state index contributed by atoms with van der Waals surface area (Å²) in [6, 6.07) is 0.0622. The third kappa shape index (κ3) is 2.98. The van der Waals surface area contributed by atoms with Gasteiger partial charge in [-0.25, -0.2) is 10.1 Å². The molecule has 0 spiro atoms. The van der Waals surface area contributed by atoms with Crippen LogP contribution in [0.15, 0.2) is 6.20 Å². The molecule has 1 unspecified atom stereocenters. The number of likely N-dealkylation sites (tertiary alicyclic amines) is 1. The van der Waals surface area contributed by atoms with E-state index in [0.29, 0.717) is 0 Å². The zero-order chi connectivity index (χ0) is 15.3. The molecule has 0 saturated carbocycles. The van der Waals surface area contributed by atoms with Crippen LogP contribution in [0.1, 0.15) is 64.6 Å². The highest BCUT2D eigenvalue weighted by Gasteiger charge is 2.43. The van der Waals surface area contributed by atoms with Gasteiger partial charge in [0.05, 0.1) is 17.9 Å². The first-order valence-electron chi connectivity index (χ1n) is 8.33. The van der Waals surface area contributed by atoms with Crippen molar-refractivity contribution in [3.8, 4) is 0 Å². The van der Waals surface area contributed by atoms with Crippen LogP contribution in [0.3, 0.4) is 0 Å². The first kappa shape index (κ1) is 16.4. The summed E-state index contributed by atoms with van der Waals surface area (Å²) >= 11 is 0. The van der Waals surface area contributed by atoms with E-state index in [2.05, 4.69) is 41.4 Å². The molecule has 0 radical (unpaired) electrons. The van der Waals surface area contributed by atoms with E-state index in [0.717, 1.165) is 44.6 Å². The number of hydrogen-bond acceptors (Lipinski definition) is 5. The lowest BCUT2D eigenvalue weighted by atomic mass is 9.81. The molecule has 0 aromatic carbocycles. The maximum absolute atomic E-state index is 5.99. The Morgan fingerprint density at radius 1 is 1.29 bits per heavy atom. The summed E-state index contributed by atoms with van der Waals surface area (Å²) in [6.07, 6.45) is 7.61. The minimum absolute atomic E-state index is 0.0401. The molecule has 1 saturated heterocycles. The molecule has 1 fully saturated rings. The van der Waals surface area contributed by atoms with Crippen LogP contribution in [0, 0.1) is 0 Å². The molecular weight excluding hydrogens is 264 g/mol. The summed E-state index contributed by atoms with van der Waals surface area (Å²) in [4.78, 5) is 2.61. The first-order chi connectivity index (χ1) is 10.2. The number of nitrogens with two attached hydrogens (primary N) is 1. The van der Waals surface area contributed by atoms with E-state index >= 15 is 0 Å². The average molecular weight is 294 g/mol. The molecule has 3 N–H and O–H groups in total. The smallest absolute Gasteiger partial charge is 0.0828 e. The number of aromatic nitrogens is 3. The fraction of sp³-hybridized carbons (Fsp3) is 0.867. The van der Waals surface area contributed by atoms with Crippen molar-refractivity contribution < 1.29 is 0 Å². The van der Waals surface area contributed by atoms with Gasteiger partial charge in [0.1, 0.15) is 0 Å². The number of hydrogen-bond donors (Lipinski definition) is 2. The normalized spacial score (nSPS) is 18.3. The molecular formula is C15H30N6. The third-order valence-electron chi connectivity index (χ3n) is 5.04. The number of hydrazine groups is 1. The van der Waals surface area contributed by atoms with Gasteiger partial charge < -0.3 is 0 Å². The molecule has 120 valence electrons. The second kappa shape index (κ2) is 7.33. The van der Waals surface area contributed by atoms with Gasteiger partial charge in [-0.05, 0) is 45.2 Å². The molecule has 21 heavy (non-hydrogen) atoms. The second-order valence-corrected chi connectivity index (χ2v) is 5.99. The van der Waals surface area contributed by atoms with E-state index in [1.807, 2.05) is 10.9 Å². The summed E-state index contributed by atoms with van der Waals surface area (Å²) in [6.45, 7) is 9.89. The van der Waals surface area contributed by atoms with Crippen LogP contribution in [0.25, 0.3) is 0 Å². The van der Waals surface area contributed by atoms with Crippen molar-refractivity contribution in [1.29, 1.82) is 0 Å². The molecule has 6 heteroatoms.